The standard InChI is InChI=1S/C31H41N2O/c1-6-23-21-33(20-22-7-9-26(10-8-22)31(2,3)4)16-14-24(23)17-27(33)18-25-13-15-32-30-12-11-28(34-5)19-29(25)30/h6-9,11-13,15,19,23-24,26-27H,1,10,14,16-18,20-21H2,2-5H3/q+1. The minimum absolute atomic E-state index is 0.328. The van der Waals surface area contributed by atoms with E-state index in [9.17, 15) is 0 Å². The van der Waals surface area contributed by atoms with Gasteiger partial charge in [-0.2, -0.15) is 0 Å². The van der Waals surface area contributed by atoms with Crippen LogP contribution in [0.4, 0.5) is 0 Å². The molecule has 1 aliphatic carbocycles. The third kappa shape index (κ3) is 4.35. The van der Waals surface area contributed by atoms with Crippen molar-refractivity contribution >= 4 is 10.9 Å². The smallest absolute Gasteiger partial charge is 0.119 e. The lowest BCUT2D eigenvalue weighted by Gasteiger charge is -2.57. The van der Waals surface area contributed by atoms with E-state index in [0.29, 0.717) is 23.3 Å². The van der Waals surface area contributed by atoms with Crippen LogP contribution in [0.5, 0.6) is 5.75 Å². The van der Waals surface area contributed by atoms with E-state index in [2.05, 4.69) is 74.8 Å². The molecule has 3 nitrogen and oxygen atoms in total. The van der Waals surface area contributed by atoms with Crippen molar-refractivity contribution in [1.29, 1.82) is 0 Å². The molecule has 0 spiro atoms. The van der Waals surface area contributed by atoms with E-state index in [4.69, 9.17) is 4.74 Å². The van der Waals surface area contributed by atoms with E-state index in [0.717, 1.165) is 30.1 Å². The van der Waals surface area contributed by atoms with Crippen molar-refractivity contribution in [3.8, 4) is 5.75 Å². The van der Waals surface area contributed by atoms with Crippen molar-refractivity contribution in [3.63, 3.8) is 0 Å². The normalized spacial score (nSPS) is 30.9. The molecule has 4 aliphatic rings. The van der Waals surface area contributed by atoms with Crippen LogP contribution in [0.15, 0.2) is 66.9 Å². The van der Waals surface area contributed by atoms with Crippen molar-refractivity contribution in [2.45, 2.75) is 52.5 Å². The van der Waals surface area contributed by atoms with E-state index < -0.39 is 0 Å². The maximum Gasteiger partial charge on any atom is 0.119 e. The van der Waals surface area contributed by atoms with E-state index >= 15 is 0 Å². The van der Waals surface area contributed by atoms with Crippen molar-refractivity contribution in [2.24, 2.45) is 23.2 Å². The second-order valence-corrected chi connectivity index (χ2v) is 12.0. The Balaban J connectivity index is 1.44. The largest absolute Gasteiger partial charge is 0.497 e. The highest BCUT2D eigenvalue weighted by atomic mass is 16.5. The van der Waals surface area contributed by atoms with Gasteiger partial charge in [0, 0.05) is 42.3 Å². The fourth-order valence-corrected chi connectivity index (χ4v) is 6.84. The average Bonchev–Trinajstić information content (AvgIpc) is 2.84. The third-order valence-corrected chi connectivity index (χ3v) is 9.06. The molecule has 4 heterocycles. The summed E-state index contributed by atoms with van der Waals surface area (Å²) in [5.74, 6) is 2.98. The van der Waals surface area contributed by atoms with Gasteiger partial charge in [-0.1, -0.05) is 45.1 Å². The molecule has 2 bridgehead atoms. The first-order valence-corrected chi connectivity index (χ1v) is 13.1. The van der Waals surface area contributed by atoms with Crippen LogP contribution in [0, 0.1) is 23.2 Å². The van der Waals surface area contributed by atoms with Gasteiger partial charge in [0.1, 0.15) is 12.3 Å². The zero-order chi connectivity index (χ0) is 23.9. The van der Waals surface area contributed by atoms with Gasteiger partial charge in [-0.15, -0.1) is 6.58 Å². The van der Waals surface area contributed by atoms with Gasteiger partial charge >= 0.3 is 0 Å². The van der Waals surface area contributed by atoms with E-state index in [1.807, 2.05) is 12.3 Å². The maximum atomic E-state index is 5.54. The van der Waals surface area contributed by atoms with Gasteiger partial charge in [0.25, 0.3) is 0 Å². The number of quaternary nitrogens is 1. The Morgan fingerprint density at radius 3 is 2.79 bits per heavy atom. The number of rotatable bonds is 6. The lowest BCUT2D eigenvalue weighted by Crippen LogP contribution is -2.67. The number of fused-ring (bicyclic) bond motifs is 4. The summed E-state index contributed by atoms with van der Waals surface area (Å²) < 4.78 is 6.75. The van der Waals surface area contributed by atoms with Crippen LogP contribution in [0.25, 0.3) is 10.9 Å². The Kier molecular flexibility index (Phi) is 6.18. The molecule has 0 radical (unpaired) electrons. The van der Waals surface area contributed by atoms with Crippen LogP contribution >= 0.6 is 0 Å². The maximum absolute atomic E-state index is 5.54. The number of aromatic nitrogens is 1. The Bertz CT molecular complexity index is 1120. The molecule has 5 unspecified atom stereocenters. The number of ether oxygens (including phenoxy) is 1. The molecule has 0 saturated carbocycles. The van der Waals surface area contributed by atoms with Crippen molar-refractivity contribution < 1.29 is 9.22 Å². The molecule has 2 aromatic rings. The van der Waals surface area contributed by atoms with Gasteiger partial charge in [0.2, 0.25) is 0 Å². The minimum Gasteiger partial charge on any atom is -0.497 e. The summed E-state index contributed by atoms with van der Waals surface area (Å²) in [6, 6.07) is 9.15. The summed E-state index contributed by atoms with van der Waals surface area (Å²) in [7, 11) is 1.74. The topological polar surface area (TPSA) is 22.1 Å². The Morgan fingerprint density at radius 2 is 2.09 bits per heavy atom. The summed E-state index contributed by atoms with van der Waals surface area (Å²) in [6.45, 7) is 15.0. The molecule has 3 fully saturated rings. The first-order valence-electron chi connectivity index (χ1n) is 13.1. The highest BCUT2D eigenvalue weighted by molar-refractivity contribution is 5.83. The van der Waals surface area contributed by atoms with Gasteiger partial charge in [-0.25, -0.2) is 0 Å². The summed E-state index contributed by atoms with van der Waals surface area (Å²) in [6.07, 6.45) is 16.6. The van der Waals surface area contributed by atoms with Crippen LogP contribution in [-0.2, 0) is 6.42 Å². The van der Waals surface area contributed by atoms with Gasteiger partial charge in [0.05, 0.1) is 31.8 Å². The second kappa shape index (κ2) is 9.00. The van der Waals surface area contributed by atoms with Crippen LogP contribution in [-0.4, -0.2) is 42.3 Å². The molecule has 3 aliphatic heterocycles. The Hall–Kier alpha value is -2.39. The first kappa shape index (κ1) is 23.4. The number of nitrogens with zero attached hydrogens (tertiary/aromatic N) is 2. The lowest BCUT2D eigenvalue weighted by molar-refractivity contribution is -0.965. The molecular formula is C31H41N2O+. The Labute approximate surface area is 205 Å². The van der Waals surface area contributed by atoms with Gasteiger partial charge in [-0.3, -0.25) is 4.98 Å². The highest BCUT2D eigenvalue weighted by Gasteiger charge is 2.51. The van der Waals surface area contributed by atoms with Crippen molar-refractivity contribution in [2.75, 3.05) is 26.7 Å². The zero-order valence-electron chi connectivity index (χ0n) is 21.5. The summed E-state index contributed by atoms with van der Waals surface area (Å²) in [5, 5.41) is 1.24. The Morgan fingerprint density at radius 1 is 1.24 bits per heavy atom. The van der Waals surface area contributed by atoms with Crippen LogP contribution in [0.3, 0.4) is 0 Å². The number of hydrogen-bond acceptors (Lipinski definition) is 2. The lowest BCUT2D eigenvalue weighted by atomic mass is 9.71. The fraction of sp³-hybridized carbons (Fsp3) is 0.516. The van der Waals surface area contributed by atoms with Crippen LogP contribution in [0.1, 0.15) is 45.6 Å². The molecule has 1 aromatic heterocycles. The molecule has 6 rings (SSSR count). The number of benzene rings is 1. The second-order valence-electron chi connectivity index (χ2n) is 12.0. The minimum atomic E-state index is 0.328. The molecule has 3 heteroatoms. The molecule has 5 atom stereocenters. The summed E-state index contributed by atoms with van der Waals surface area (Å²) in [5.41, 5.74) is 4.34. The molecule has 1 aromatic carbocycles. The fourth-order valence-electron chi connectivity index (χ4n) is 6.84. The number of allylic oxidation sites excluding steroid dienone is 2. The number of pyridine rings is 1. The molecule has 3 saturated heterocycles. The first-order chi connectivity index (χ1) is 16.3. The monoisotopic (exact) mass is 457 g/mol. The zero-order valence-corrected chi connectivity index (χ0v) is 21.5. The SMILES string of the molecule is C=CC1C[N+]2(CC3=CCC(C(C)(C)C)C=C3)CCC1CC2Cc1ccnc2ccc(OC)cc12. The third-order valence-electron chi connectivity index (χ3n) is 9.06. The average molecular weight is 458 g/mol. The number of piperidine rings is 3. The van der Waals surface area contributed by atoms with E-state index in [-0.39, 0.29) is 0 Å². The number of hydrogen-bond donors (Lipinski definition) is 0. The predicted molar refractivity (Wildman–Crippen MR) is 142 cm³/mol. The van der Waals surface area contributed by atoms with Gasteiger partial charge in [-0.05, 0) is 53.5 Å². The van der Waals surface area contributed by atoms with Crippen LogP contribution < -0.4 is 4.74 Å². The quantitative estimate of drug-likeness (QED) is 0.354. The number of methoxy groups -OCH3 is 1. The van der Waals surface area contributed by atoms with Crippen LogP contribution in [0.2, 0.25) is 0 Å². The van der Waals surface area contributed by atoms with E-state index in [1.165, 1.54) is 53.4 Å². The predicted octanol–water partition coefficient (Wildman–Crippen LogP) is 6.75. The van der Waals surface area contributed by atoms with Crippen molar-refractivity contribution in [1.82, 2.24) is 4.98 Å². The van der Waals surface area contributed by atoms with Gasteiger partial charge < -0.3 is 9.22 Å². The molecule has 0 amide bonds. The highest BCUT2D eigenvalue weighted by Crippen LogP contribution is 2.45. The van der Waals surface area contributed by atoms with Crippen molar-refractivity contribution in [3.05, 3.63) is 72.5 Å². The molecule has 0 N–H and O–H groups in total. The van der Waals surface area contributed by atoms with Gasteiger partial charge in [0.15, 0.2) is 0 Å². The van der Waals surface area contributed by atoms with E-state index in [1.54, 1.807) is 7.11 Å². The molecule has 34 heavy (non-hydrogen) atoms. The molecular weight excluding hydrogens is 416 g/mol. The molecule has 180 valence electrons. The summed E-state index contributed by atoms with van der Waals surface area (Å²) >= 11 is 0. The summed E-state index contributed by atoms with van der Waals surface area (Å²) in [4.78, 5) is 4.63.